The van der Waals surface area contributed by atoms with Crippen LogP contribution in [0.3, 0.4) is 0 Å². The average molecular weight is 630 g/mol. The molecule has 0 aliphatic heterocycles. The fourth-order valence-corrected chi connectivity index (χ4v) is 8.94. The predicted octanol–water partition coefficient (Wildman–Crippen LogP) is 12.7. The first-order valence-electron chi connectivity index (χ1n) is 14.9. The fourth-order valence-electron chi connectivity index (χ4n) is 5.71. The van der Waals surface area contributed by atoms with E-state index >= 15 is 0 Å². The van der Waals surface area contributed by atoms with Crippen LogP contribution in [0.25, 0.3) is 43.6 Å². The van der Waals surface area contributed by atoms with Crippen molar-refractivity contribution in [2.45, 2.75) is 29.4 Å². The summed E-state index contributed by atoms with van der Waals surface area (Å²) in [6.07, 6.45) is 1.94. The molecule has 0 N–H and O–H groups in total. The highest BCUT2D eigenvalue weighted by Crippen LogP contribution is 2.43. The van der Waals surface area contributed by atoms with Crippen molar-refractivity contribution in [2.75, 3.05) is 0 Å². The maximum absolute atomic E-state index is 4.90. The van der Waals surface area contributed by atoms with Crippen molar-refractivity contribution in [2.24, 2.45) is 0 Å². The molecule has 0 aliphatic carbocycles. The van der Waals surface area contributed by atoms with Gasteiger partial charge in [0, 0.05) is 41.1 Å². The lowest BCUT2D eigenvalue weighted by atomic mass is 10.1. The van der Waals surface area contributed by atoms with E-state index in [-0.39, 0.29) is 0 Å². The molecule has 0 radical (unpaired) electrons. The summed E-state index contributed by atoms with van der Waals surface area (Å²) >= 11 is 5.43. The van der Waals surface area contributed by atoms with Crippen molar-refractivity contribution in [3.63, 3.8) is 0 Å². The predicted molar refractivity (Wildman–Crippen MR) is 194 cm³/mol. The van der Waals surface area contributed by atoms with Crippen LogP contribution in [-0.2, 0) is 0 Å². The number of hydrogen-bond acceptors (Lipinski definition) is 4. The molecule has 8 rings (SSSR count). The van der Waals surface area contributed by atoms with Gasteiger partial charge < -0.3 is 0 Å². The molecule has 0 fully saturated rings. The van der Waals surface area contributed by atoms with Crippen LogP contribution in [0.1, 0.15) is 0 Å². The molecular weight excluding hydrogens is 603 g/mol. The molecule has 8 aromatic rings. The van der Waals surface area contributed by atoms with Crippen LogP contribution in [0, 0.1) is 0 Å². The van der Waals surface area contributed by atoms with Gasteiger partial charge in [-0.15, -0.1) is 0 Å². The molecule has 0 saturated heterocycles. The molecule has 0 aliphatic rings. The largest absolute Gasteiger partial charge is 0.256 e. The van der Waals surface area contributed by atoms with Crippen LogP contribution in [0.15, 0.2) is 193 Å². The van der Waals surface area contributed by atoms with Gasteiger partial charge in [-0.2, -0.15) is 0 Å². The van der Waals surface area contributed by atoms with Crippen LogP contribution in [-0.4, -0.2) is 4.98 Å². The van der Waals surface area contributed by atoms with E-state index in [1.54, 1.807) is 11.8 Å². The Labute approximate surface area is 275 Å². The van der Waals surface area contributed by atoms with E-state index in [2.05, 4.69) is 158 Å². The molecule has 4 heteroatoms. The minimum atomic E-state index is 0.977. The van der Waals surface area contributed by atoms with Gasteiger partial charge in [0.2, 0.25) is 0 Å². The van der Waals surface area contributed by atoms with Crippen molar-refractivity contribution < 1.29 is 0 Å². The minimum Gasteiger partial charge on any atom is -0.256 e. The zero-order valence-corrected chi connectivity index (χ0v) is 26.7. The van der Waals surface area contributed by atoms with Crippen molar-refractivity contribution in [3.8, 4) is 11.3 Å². The highest BCUT2D eigenvalue weighted by molar-refractivity contribution is 8.00. The van der Waals surface area contributed by atoms with Crippen molar-refractivity contribution in [1.29, 1.82) is 0 Å². The van der Waals surface area contributed by atoms with E-state index in [9.17, 15) is 0 Å². The van der Waals surface area contributed by atoms with Gasteiger partial charge in [-0.3, -0.25) is 4.98 Å². The smallest absolute Gasteiger partial charge is 0.0724 e. The van der Waals surface area contributed by atoms with Gasteiger partial charge in [0.05, 0.1) is 5.69 Å². The summed E-state index contributed by atoms with van der Waals surface area (Å²) in [5.74, 6) is 0. The second-order valence-electron chi connectivity index (χ2n) is 10.8. The zero-order valence-electron chi connectivity index (χ0n) is 24.3. The maximum Gasteiger partial charge on any atom is 0.0724 e. The van der Waals surface area contributed by atoms with Crippen LogP contribution in [0.2, 0.25) is 0 Å². The second kappa shape index (κ2) is 12.5. The summed E-state index contributed by atoms with van der Waals surface area (Å²) in [5.41, 5.74) is 2.11. The molecule has 214 valence electrons. The Morgan fingerprint density at radius 3 is 1.38 bits per heavy atom. The number of rotatable bonds is 7. The lowest BCUT2D eigenvalue weighted by Crippen LogP contribution is -1.89. The average Bonchev–Trinajstić information content (AvgIpc) is 3.09. The quantitative estimate of drug-likeness (QED) is 0.174. The van der Waals surface area contributed by atoms with E-state index in [0.29, 0.717) is 0 Å². The number of hydrogen-bond donors (Lipinski definition) is 0. The highest BCUT2D eigenvalue weighted by Gasteiger charge is 2.14. The number of benzene rings is 7. The molecular formula is C41H27NS3. The fraction of sp³-hybridized carbons (Fsp3) is 0. The van der Waals surface area contributed by atoms with E-state index < -0.39 is 0 Å². The maximum atomic E-state index is 4.90. The van der Waals surface area contributed by atoms with Crippen LogP contribution in [0.4, 0.5) is 0 Å². The first-order valence-corrected chi connectivity index (χ1v) is 17.3. The molecule has 0 amide bonds. The zero-order chi connectivity index (χ0) is 30.0. The topological polar surface area (TPSA) is 12.9 Å². The number of pyridine rings is 1. The third-order valence-corrected chi connectivity index (χ3v) is 11.1. The first kappa shape index (κ1) is 28.0. The SMILES string of the molecule is c1ccc2c(Sc3ccnc(-c4ccc(Sc5cccc6ccccc56)cc4Sc4cccc5ccccc45)c3)cccc2c1. The molecule has 45 heavy (non-hydrogen) atoms. The van der Waals surface area contributed by atoms with Gasteiger partial charge in [-0.25, -0.2) is 0 Å². The minimum absolute atomic E-state index is 0.977. The normalized spacial score (nSPS) is 11.4. The van der Waals surface area contributed by atoms with Gasteiger partial charge in [0.15, 0.2) is 0 Å². The summed E-state index contributed by atoms with van der Waals surface area (Å²) < 4.78 is 0. The Kier molecular flexibility index (Phi) is 7.78. The molecule has 0 atom stereocenters. The van der Waals surface area contributed by atoms with Gasteiger partial charge in [0.1, 0.15) is 0 Å². The van der Waals surface area contributed by atoms with Gasteiger partial charge in [-0.05, 0) is 74.8 Å². The summed E-state index contributed by atoms with van der Waals surface area (Å²) in [5, 5.41) is 7.56. The third-order valence-electron chi connectivity index (χ3n) is 7.88. The van der Waals surface area contributed by atoms with E-state index in [1.807, 2.05) is 29.7 Å². The Bertz CT molecular complexity index is 2310. The Morgan fingerprint density at radius 2 is 0.822 bits per heavy atom. The standard InChI is InChI=1S/C41H27NS3/c1-4-16-33-28(10-1)13-7-19-38(33)43-31-22-23-36(41(27-31)45-40-21-9-15-30-12-3-6-18-35(30)40)37-26-32(24-25-42-37)44-39-20-8-14-29-11-2-5-17-34(29)39/h1-27H. The first-order chi connectivity index (χ1) is 22.3. The molecule has 1 aromatic heterocycles. The van der Waals surface area contributed by atoms with Gasteiger partial charge in [-0.1, -0.05) is 151 Å². The number of nitrogens with zero attached hydrogens (tertiary/aromatic N) is 1. The molecule has 1 nitrogen and oxygen atoms in total. The Morgan fingerprint density at radius 1 is 0.356 bits per heavy atom. The van der Waals surface area contributed by atoms with Crippen LogP contribution >= 0.6 is 35.3 Å². The molecule has 7 aromatic carbocycles. The highest BCUT2D eigenvalue weighted by atomic mass is 32.2. The van der Waals surface area contributed by atoms with E-state index in [4.69, 9.17) is 4.98 Å². The molecule has 0 unspecified atom stereocenters. The molecule has 1 heterocycles. The molecule has 0 saturated carbocycles. The van der Waals surface area contributed by atoms with Gasteiger partial charge in [0.25, 0.3) is 0 Å². The van der Waals surface area contributed by atoms with Crippen molar-refractivity contribution in [1.82, 2.24) is 4.98 Å². The van der Waals surface area contributed by atoms with E-state index in [1.165, 1.54) is 61.7 Å². The number of aromatic nitrogens is 1. The Balaban J connectivity index is 1.20. The monoisotopic (exact) mass is 629 g/mol. The summed E-state index contributed by atoms with van der Waals surface area (Å²) in [6.45, 7) is 0. The number of fused-ring (bicyclic) bond motifs is 3. The lowest BCUT2D eigenvalue weighted by molar-refractivity contribution is 1.22. The van der Waals surface area contributed by atoms with Crippen molar-refractivity contribution >= 4 is 67.6 Å². The van der Waals surface area contributed by atoms with Crippen molar-refractivity contribution in [3.05, 3.63) is 164 Å². The van der Waals surface area contributed by atoms with E-state index in [0.717, 1.165) is 11.3 Å². The van der Waals surface area contributed by atoms with Gasteiger partial charge >= 0.3 is 0 Å². The molecule has 0 bridgehead atoms. The Hall–Kier alpha value is -4.48. The summed E-state index contributed by atoms with van der Waals surface area (Å²) in [4.78, 5) is 12.2. The summed E-state index contributed by atoms with van der Waals surface area (Å²) in [7, 11) is 0. The van der Waals surface area contributed by atoms with Crippen LogP contribution < -0.4 is 0 Å². The second-order valence-corrected chi connectivity index (χ2v) is 14.1. The van der Waals surface area contributed by atoms with Crippen LogP contribution in [0.5, 0.6) is 0 Å². The third kappa shape index (κ3) is 5.85. The summed E-state index contributed by atoms with van der Waals surface area (Å²) in [6, 6.07) is 56.6. The lowest BCUT2D eigenvalue weighted by Gasteiger charge is -2.14. The molecule has 0 spiro atoms.